The fraction of sp³-hybridized carbons (Fsp3) is 0.333. The molecule has 0 bridgehead atoms. The zero-order valence-corrected chi connectivity index (χ0v) is 18.1. The fourth-order valence-corrected chi connectivity index (χ4v) is 4.65. The minimum absolute atomic E-state index is 0.121. The maximum Gasteiger partial charge on any atom is 0.338 e. The highest BCUT2D eigenvalue weighted by Crippen LogP contribution is 2.26. The largest absolute Gasteiger partial charge is 0.497 e. The van der Waals surface area contributed by atoms with Crippen LogP contribution < -0.4 is 14.8 Å². The van der Waals surface area contributed by atoms with E-state index in [1.54, 1.807) is 18.2 Å². The number of anilines is 1. The summed E-state index contributed by atoms with van der Waals surface area (Å²) in [4.78, 5) is 24.5. The second-order valence-corrected chi connectivity index (χ2v) is 8.80. The predicted molar refractivity (Wildman–Crippen MR) is 113 cm³/mol. The Labute approximate surface area is 181 Å². The number of carbonyl (C=O) groups is 2. The van der Waals surface area contributed by atoms with E-state index in [4.69, 9.17) is 14.2 Å². The molecule has 1 aliphatic heterocycles. The van der Waals surface area contributed by atoms with E-state index in [1.165, 1.54) is 42.8 Å². The van der Waals surface area contributed by atoms with E-state index in [2.05, 4.69) is 5.32 Å². The van der Waals surface area contributed by atoms with Crippen molar-refractivity contribution in [2.45, 2.75) is 17.7 Å². The van der Waals surface area contributed by atoms with Crippen molar-refractivity contribution >= 4 is 27.6 Å². The van der Waals surface area contributed by atoms with E-state index in [1.807, 2.05) is 0 Å². The van der Waals surface area contributed by atoms with Gasteiger partial charge in [-0.1, -0.05) is 0 Å². The molecule has 31 heavy (non-hydrogen) atoms. The summed E-state index contributed by atoms with van der Waals surface area (Å²) < 4.78 is 41.8. The Morgan fingerprint density at radius 1 is 0.968 bits per heavy atom. The number of carbonyl (C=O) groups excluding carboxylic acids is 2. The van der Waals surface area contributed by atoms with Gasteiger partial charge in [-0.25, -0.2) is 13.2 Å². The van der Waals surface area contributed by atoms with E-state index in [0.29, 0.717) is 30.3 Å². The first kappa shape index (κ1) is 22.6. The van der Waals surface area contributed by atoms with Crippen molar-refractivity contribution in [2.24, 2.45) is 0 Å². The molecule has 0 spiro atoms. The SMILES string of the molecule is COc1cc(NC(=O)COC(=O)c2ccc(S(=O)(=O)N3CCCC3)cc2)cc(OC)c1. The summed E-state index contributed by atoms with van der Waals surface area (Å²) in [5.41, 5.74) is 0.574. The molecule has 1 fully saturated rings. The first-order valence-corrected chi connectivity index (χ1v) is 11.1. The van der Waals surface area contributed by atoms with Crippen LogP contribution in [0.25, 0.3) is 0 Å². The van der Waals surface area contributed by atoms with Gasteiger partial charge in [-0.15, -0.1) is 0 Å². The Morgan fingerprint density at radius 3 is 2.10 bits per heavy atom. The van der Waals surface area contributed by atoms with Crippen molar-refractivity contribution in [3.8, 4) is 11.5 Å². The van der Waals surface area contributed by atoms with Crippen LogP contribution in [-0.4, -0.2) is 58.5 Å². The van der Waals surface area contributed by atoms with Gasteiger partial charge in [-0.2, -0.15) is 4.31 Å². The van der Waals surface area contributed by atoms with Crippen LogP contribution in [0.1, 0.15) is 23.2 Å². The van der Waals surface area contributed by atoms with Gasteiger partial charge in [0, 0.05) is 37.0 Å². The number of amides is 1. The van der Waals surface area contributed by atoms with Crippen LogP contribution in [0.15, 0.2) is 47.4 Å². The topological polar surface area (TPSA) is 111 Å². The molecule has 3 rings (SSSR count). The highest BCUT2D eigenvalue weighted by atomic mass is 32.2. The number of rotatable bonds is 8. The van der Waals surface area contributed by atoms with Crippen molar-refractivity contribution in [1.82, 2.24) is 4.31 Å². The molecule has 166 valence electrons. The molecule has 2 aromatic carbocycles. The monoisotopic (exact) mass is 448 g/mol. The van der Waals surface area contributed by atoms with Gasteiger partial charge in [0.2, 0.25) is 10.0 Å². The minimum atomic E-state index is -3.56. The summed E-state index contributed by atoms with van der Waals surface area (Å²) in [6.45, 7) is 0.493. The number of nitrogens with one attached hydrogen (secondary N) is 1. The number of benzene rings is 2. The fourth-order valence-electron chi connectivity index (χ4n) is 3.13. The van der Waals surface area contributed by atoms with E-state index < -0.39 is 28.5 Å². The van der Waals surface area contributed by atoms with Crippen molar-refractivity contribution in [3.05, 3.63) is 48.0 Å². The summed E-state index contributed by atoms with van der Waals surface area (Å²) in [6.07, 6.45) is 1.68. The number of ether oxygens (including phenoxy) is 3. The second-order valence-electron chi connectivity index (χ2n) is 6.86. The third-order valence-corrected chi connectivity index (χ3v) is 6.68. The van der Waals surface area contributed by atoms with Crippen LogP contribution in [0.5, 0.6) is 11.5 Å². The van der Waals surface area contributed by atoms with E-state index in [9.17, 15) is 18.0 Å². The first-order valence-electron chi connectivity index (χ1n) is 9.64. The minimum Gasteiger partial charge on any atom is -0.497 e. The van der Waals surface area contributed by atoms with Crippen LogP contribution in [0.3, 0.4) is 0 Å². The quantitative estimate of drug-likeness (QED) is 0.617. The number of methoxy groups -OCH3 is 2. The van der Waals surface area contributed by atoms with E-state index in [-0.39, 0.29) is 10.5 Å². The standard InChI is InChI=1S/C21H24N2O7S/c1-28-17-11-16(12-18(13-17)29-2)22-20(24)14-30-21(25)15-5-7-19(8-6-15)31(26,27)23-9-3-4-10-23/h5-8,11-13H,3-4,9-10,14H2,1-2H3,(H,22,24). The van der Waals surface area contributed by atoms with Crippen molar-refractivity contribution in [2.75, 3.05) is 39.2 Å². The molecule has 0 radical (unpaired) electrons. The van der Waals surface area contributed by atoms with Crippen LogP contribution in [0.2, 0.25) is 0 Å². The maximum atomic E-state index is 12.5. The van der Waals surface area contributed by atoms with Gasteiger partial charge < -0.3 is 19.5 Å². The molecule has 9 nitrogen and oxygen atoms in total. The number of nitrogens with zero attached hydrogens (tertiary/aromatic N) is 1. The lowest BCUT2D eigenvalue weighted by Crippen LogP contribution is -2.27. The smallest absolute Gasteiger partial charge is 0.338 e. The Morgan fingerprint density at radius 2 is 1.55 bits per heavy atom. The van der Waals surface area contributed by atoms with Crippen molar-refractivity contribution < 1.29 is 32.2 Å². The molecule has 1 saturated heterocycles. The van der Waals surface area contributed by atoms with Crippen LogP contribution in [-0.2, 0) is 19.6 Å². The normalized spacial score (nSPS) is 14.1. The van der Waals surface area contributed by atoms with Crippen LogP contribution >= 0.6 is 0 Å². The van der Waals surface area contributed by atoms with Crippen molar-refractivity contribution in [1.29, 1.82) is 0 Å². The summed E-state index contributed by atoms with van der Waals surface area (Å²) >= 11 is 0. The van der Waals surface area contributed by atoms with Gasteiger partial charge in [0.15, 0.2) is 6.61 Å². The average molecular weight is 448 g/mol. The summed E-state index contributed by atoms with van der Waals surface area (Å²) in [6, 6.07) is 10.3. The number of esters is 1. The zero-order chi connectivity index (χ0) is 22.4. The molecule has 0 unspecified atom stereocenters. The molecule has 0 atom stereocenters. The summed E-state index contributed by atoms with van der Waals surface area (Å²) in [5.74, 6) is -0.286. The summed E-state index contributed by atoms with van der Waals surface area (Å²) in [5, 5.41) is 2.60. The van der Waals surface area contributed by atoms with Gasteiger partial charge in [-0.3, -0.25) is 4.79 Å². The molecule has 1 N–H and O–H groups in total. The molecule has 0 saturated carbocycles. The number of sulfonamides is 1. The second kappa shape index (κ2) is 9.80. The number of hydrogen-bond acceptors (Lipinski definition) is 7. The lowest BCUT2D eigenvalue weighted by molar-refractivity contribution is -0.119. The van der Waals surface area contributed by atoms with Crippen LogP contribution in [0, 0.1) is 0 Å². The predicted octanol–water partition coefficient (Wildman–Crippen LogP) is 2.28. The molecule has 0 aliphatic carbocycles. The molecule has 1 aliphatic rings. The lowest BCUT2D eigenvalue weighted by atomic mass is 10.2. The Bertz CT molecular complexity index is 1020. The van der Waals surface area contributed by atoms with E-state index in [0.717, 1.165) is 12.8 Å². The van der Waals surface area contributed by atoms with Gasteiger partial charge in [0.1, 0.15) is 11.5 Å². The maximum absolute atomic E-state index is 12.5. The molecular formula is C21H24N2O7S. The zero-order valence-electron chi connectivity index (χ0n) is 17.3. The Balaban J connectivity index is 1.57. The third kappa shape index (κ3) is 5.53. The molecule has 1 heterocycles. The van der Waals surface area contributed by atoms with Gasteiger partial charge in [0.05, 0.1) is 24.7 Å². The third-order valence-electron chi connectivity index (χ3n) is 4.76. The molecule has 0 aromatic heterocycles. The average Bonchev–Trinajstić information content (AvgIpc) is 3.33. The number of hydrogen-bond donors (Lipinski definition) is 1. The molecular weight excluding hydrogens is 424 g/mol. The van der Waals surface area contributed by atoms with Gasteiger partial charge >= 0.3 is 5.97 Å². The van der Waals surface area contributed by atoms with Gasteiger partial charge in [-0.05, 0) is 37.1 Å². The summed E-state index contributed by atoms with van der Waals surface area (Å²) in [7, 11) is -0.577. The Kier molecular flexibility index (Phi) is 7.13. The molecule has 10 heteroatoms. The van der Waals surface area contributed by atoms with Gasteiger partial charge in [0.25, 0.3) is 5.91 Å². The van der Waals surface area contributed by atoms with E-state index >= 15 is 0 Å². The van der Waals surface area contributed by atoms with Crippen molar-refractivity contribution in [3.63, 3.8) is 0 Å². The van der Waals surface area contributed by atoms with Crippen LogP contribution in [0.4, 0.5) is 5.69 Å². The Hall–Kier alpha value is -3.11. The highest BCUT2D eigenvalue weighted by Gasteiger charge is 2.27. The molecule has 2 aromatic rings. The first-order chi connectivity index (χ1) is 14.8. The highest BCUT2D eigenvalue weighted by molar-refractivity contribution is 7.89. The molecule has 1 amide bonds. The lowest BCUT2D eigenvalue weighted by Gasteiger charge is -2.15.